The van der Waals surface area contributed by atoms with E-state index in [-0.39, 0.29) is 17.4 Å². The molecule has 3 aromatic rings. The third kappa shape index (κ3) is 4.25. The maximum Gasteiger partial charge on any atom is 0.234 e. The van der Waals surface area contributed by atoms with Crippen molar-refractivity contribution >= 4 is 39.3 Å². The molecule has 0 aliphatic heterocycles. The van der Waals surface area contributed by atoms with Gasteiger partial charge in [-0.2, -0.15) is 0 Å². The average Bonchev–Trinajstić information content (AvgIpc) is 3.05. The van der Waals surface area contributed by atoms with Gasteiger partial charge in [0.2, 0.25) is 5.91 Å². The van der Waals surface area contributed by atoms with Crippen molar-refractivity contribution in [3.8, 4) is 17.1 Å². The molecule has 0 aliphatic rings. The van der Waals surface area contributed by atoms with Crippen LogP contribution in [0, 0.1) is 0 Å². The quantitative estimate of drug-likeness (QED) is 0.571. The third-order valence-electron chi connectivity index (χ3n) is 3.62. The number of hydrogen-bond donors (Lipinski definition) is 2. The lowest BCUT2D eigenvalue weighted by atomic mass is 10.2. The van der Waals surface area contributed by atoms with E-state index in [0.29, 0.717) is 23.1 Å². The van der Waals surface area contributed by atoms with E-state index < -0.39 is 0 Å². The van der Waals surface area contributed by atoms with Crippen LogP contribution in [-0.4, -0.2) is 31.5 Å². The summed E-state index contributed by atoms with van der Waals surface area (Å²) in [7, 11) is 0. The van der Waals surface area contributed by atoms with Gasteiger partial charge in [-0.15, -0.1) is 10.2 Å². The molecule has 134 valence electrons. The smallest absolute Gasteiger partial charge is 0.234 e. The number of phenolic OH excluding ortho intramolecular Hbond substituents is 1. The van der Waals surface area contributed by atoms with Crippen LogP contribution in [-0.2, 0) is 11.3 Å². The van der Waals surface area contributed by atoms with Crippen LogP contribution >= 0.6 is 27.7 Å². The normalized spacial score (nSPS) is 10.7. The van der Waals surface area contributed by atoms with Gasteiger partial charge in [-0.3, -0.25) is 4.79 Å². The maximum atomic E-state index is 12.1. The van der Waals surface area contributed by atoms with Gasteiger partial charge < -0.3 is 15.0 Å². The second-order valence-electron chi connectivity index (χ2n) is 5.41. The molecule has 1 heterocycles. The minimum absolute atomic E-state index is 0.112. The topological polar surface area (TPSA) is 80.0 Å². The number of aromatic hydroxyl groups is 1. The van der Waals surface area contributed by atoms with E-state index in [1.54, 1.807) is 18.2 Å². The SMILES string of the molecule is CCn1c(SCC(=O)Nc2ccccc2)nnc1-c1cc(Br)ccc1O. The number of benzene rings is 2. The molecule has 0 atom stereocenters. The summed E-state index contributed by atoms with van der Waals surface area (Å²) < 4.78 is 2.72. The molecule has 6 nitrogen and oxygen atoms in total. The number of anilines is 1. The summed E-state index contributed by atoms with van der Waals surface area (Å²) in [4.78, 5) is 12.1. The molecule has 1 aromatic heterocycles. The maximum absolute atomic E-state index is 12.1. The first-order chi connectivity index (χ1) is 12.6. The number of nitrogens with one attached hydrogen (secondary N) is 1. The van der Waals surface area contributed by atoms with E-state index in [9.17, 15) is 9.90 Å². The summed E-state index contributed by atoms with van der Waals surface area (Å²) in [6.45, 7) is 2.59. The molecule has 0 aliphatic carbocycles. The molecule has 1 amide bonds. The summed E-state index contributed by atoms with van der Waals surface area (Å²) in [5.74, 6) is 0.807. The Bertz CT molecular complexity index is 915. The zero-order chi connectivity index (χ0) is 18.5. The molecule has 0 bridgehead atoms. The van der Waals surface area contributed by atoms with Gasteiger partial charge in [0.05, 0.1) is 11.3 Å². The van der Waals surface area contributed by atoms with Crippen LogP contribution in [0.15, 0.2) is 58.2 Å². The number of nitrogens with zero attached hydrogens (tertiary/aromatic N) is 3. The van der Waals surface area contributed by atoms with Gasteiger partial charge in [0.25, 0.3) is 0 Å². The summed E-state index contributed by atoms with van der Waals surface area (Å²) in [5.41, 5.74) is 1.35. The number of rotatable bonds is 6. The Morgan fingerprint density at radius 1 is 1.23 bits per heavy atom. The minimum atomic E-state index is -0.112. The van der Waals surface area contributed by atoms with Crippen molar-refractivity contribution in [1.82, 2.24) is 14.8 Å². The van der Waals surface area contributed by atoms with Crippen molar-refractivity contribution in [1.29, 1.82) is 0 Å². The van der Waals surface area contributed by atoms with Crippen LogP contribution in [0.25, 0.3) is 11.4 Å². The third-order valence-corrected chi connectivity index (χ3v) is 5.08. The summed E-state index contributed by atoms with van der Waals surface area (Å²) in [5, 5.41) is 22.0. The number of phenols is 1. The molecule has 0 radical (unpaired) electrons. The highest BCUT2D eigenvalue weighted by atomic mass is 79.9. The van der Waals surface area contributed by atoms with E-state index in [2.05, 4.69) is 31.4 Å². The lowest BCUT2D eigenvalue weighted by molar-refractivity contribution is -0.113. The fourth-order valence-corrected chi connectivity index (χ4v) is 3.58. The Morgan fingerprint density at radius 2 is 2.00 bits per heavy atom. The van der Waals surface area contributed by atoms with Crippen molar-refractivity contribution in [3.05, 3.63) is 53.0 Å². The largest absolute Gasteiger partial charge is 0.507 e. The Balaban J connectivity index is 1.74. The molecule has 0 fully saturated rings. The molecule has 3 rings (SSSR count). The van der Waals surface area contributed by atoms with Gasteiger partial charge in [0.15, 0.2) is 11.0 Å². The van der Waals surface area contributed by atoms with E-state index in [0.717, 1.165) is 10.2 Å². The van der Waals surface area contributed by atoms with Crippen LogP contribution in [0.5, 0.6) is 5.75 Å². The first-order valence-electron chi connectivity index (χ1n) is 7.98. The zero-order valence-electron chi connectivity index (χ0n) is 14.0. The molecular formula is C18H17BrN4O2S. The Kier molecular flexibility index (Phi) is 5.95. The lowest BCUT2D eigenvalue weighted by Gasteiger charge is -2.09. The molecule has 2 N–H and O–H groups in total. The Hall–Kier alpha value is -2.32. The van der Waals surface area contributed by atoms with Gasteiger partial charge in [-0.05, 0) is 37.3 Å². The zero-order valence-corrected chi connectivity index (χ0v) is 16.4. The lowest BCUT2D eigenvalue weighted by Crippen LogP contribution is -2.14. The molecule has 0 saturated heterocycles. The number of thioether (sulfide) groups is 1. The first kappa shape index (κ1) is 18.5. The Labute approximate surface area is 163 Å². The van der Waals surface area contributed by atoms with Crippen molar-refractivity contribution in [3.63, 3.8) is 0 Å². The average molecular weight is 433 g/mol. The number of carbonyl (C=O) groups is 1. The van der Waals surface area contributed by atoms with E-state index in [1.165, 1.54) is 11.8 Å². The summed E-state index contributed by atoms with van der Waals surface area (Å²) >= 11 is 4.71. The van der Waals surface area contributed by atoms with Gasteiger partial charge in [-0.25, -0.2) is 0 Å². The standard InChI is InChI=1S/C18H17BrN4O2S/c1-2-23-17(14-10-12(19)8-9-15(14)24)21-22-18(23)26-11-16(25)20-13-6-4-3-5-7-13/h3-10,24H,2,11H2,1H3,(H,20,25). The number of aromatic nitrogens is 3. The highest BCUT2D eigenvalue weighted by molar-refractivity contribution is 9.10. The Morgan fingerprint density at radius 3 is 2.73 bits per heavy atom. The highest BCUT2D eigenvalue weighted by Gasteiger charge is 2.17. The van der Waals surface area contributed by atoms with Crippen LogP contribution in [0.1, 0.15) is 6.92 Å². The van der Waals surface area contributed by atoms with Crippen LogP contribution in [0.3, 0.4) is 0 Å². The molecular weight excluding hydrogens is 416 g/mol. The number of para-hydroxylation sites is 1. The summed E-state index contributed by atoms with van der Waals surface area (Å²) in [6.07, 6.45) is 0. The summed E-state index contributed by atoms with van der Waals surface area (Å²) in [6, 6.07) is 14.5. The predicted molar refractivity (Wildman–Crippen MR) is 106 cm³/mol. The first-order valence-corrected chi connectivity index (χ1v) is 9.76. The fourth-order valence-electron chi connectivity index (χ4n) is 2.42. The highest BCUT2D eigenvalue weighted by Crippen LogP contribution is 2.32. The minimum Gasteiger partial charge on any atom is -0.507 e. The van der Waals surface area contributed by atoms with Gasteiger partial charge >= 0.3 is 0 Å². The predicted octanol–water partition coefficient (Wildman–Crippen LogP) is 4.16. The van der Waals surface area contributed by atoms with Crippen LogP contribution in [0.2, 0.25) is 0 Å². The van der Waals surface area contributed by atoms with Crippen molar-refractivity contribution < 1.29 is 9.90 Å². The number of carbonyl (C=O) groups excluding carboxylic acids is 1. The van der Waals surface area contributed by atoms with Crippen molar-refractivity contribution in [2.75, 3.05) is 11.1 Å². The van der Waals surface area contributed by atoms with Gasteiger partial charge in [0.1, 0.15) is 5.75 Å². The van der Waals surface area contributed by atoms with Crippen molar-refractivity contribution in [2.24, 2.45) is 0 Å². The van der Waals surface area contributed by atoms with Crippen molar-refractivity contribution in [2.45, 2.75) is 18.6 Å². The monoisotopic (exact) mass is 432 g/mol. The number of amides is 1. The van der Waals surface area contributed by atoms with Crippen LogP contribution in [0.4, 0.5) is 5.69 Å². The van der Waals surface area contributed by atoms with Gasteiger partial charge in [-0.1, -0.05) is 45.9 Å². The fraction of sp³-hybridized carbons (Fsp3) is 0.167. The molecule has 26 heavy (non-hydrogen) atoms. The molecule has 0 saturated carbocycles. The molecule has 2 aromatic carbocycles. The van der Waals surface area contributed by atoms with E-state index in [1.807, 2.05) is 41.8 Å². The van der Waals surface area contributed by atoms with Gasteiger partial charge in [0, 0.05) is 16.7 Å². The molecule has 8 heteroatoms. The van der Waals surface area contributed by atoms with E-state index >= 15 is 0 Å². The number of hydrogen-bond acceptors (Lipinski definition) is 5. The molecule has 0 spiro atoms. The molecule has 0 unspecified atom stereocenters. The van der Waals surface area contributed by atoms with Crippen LogP contribution < -0.4 is 5.32 Å². The number of halogens is 1. The second kappa shape index (κ2) is 8.37. The second-order valence-corrected chi connectivity index (χ2v) is 7.27. The van der Waals surface area contributed by atoms with E-state index in [4.69, 9.17) is 0 Å².